The summed E-state index contributed by atoms with van der Waals surface area (Å²) in [7, 11) is 2.25. The quantitative estimate of drug-likeness (QED) is 0.705. The highest BCUT2D eigenvalue weighted by molar-refractivity contribution is 4.83. The van der Waals surface area contributed by atoms with Gasteiger partial charge in [-0.1, -0.05) is 27.2 Å². The third-order valence-electron chi connectivity index (χ3n) is 3.82. The first-order valence-electron chi connectivity index (χ1n) is 7.10. The van der Waals surface area contributed by atoms with Crippen LogP contribution in [0.2, 0.25) is 0 Å². The molecule has 0 aliphatic carbocycles. The molecule has 0 saturated carbocycles. The zero-order valence-electron chi connectivity index (χ0n) is 12.1. The van der Waals surface area contributed by atoms with Gasteiger partial charge in [-0.25, -0.2) is 0 Å². The van der Waals surface area contributed by atoms with E-state index in [0.29, 0.717) is 11.5 Å². The fourth-order valence-electron chi connectivity index (χ4n) is 2.85. The van der Waals surface area contributed by atoms with E-state index in [2.05, 4.69) is 38.0 Å². The molecule has 3 heteroatoms. The van der Waals surface area contributed by atoms with Crippen LogP contribution in [-0.2, 0) is 4.74 Å². The summed E-state index contributed by atoms with van der Waals surface area (Å²) in [5.41, 5.74) is 0.391. The van der Waals surface area contributed by atoms with Crippen LogP contribution in [0.15, 0.2) is 0 Å². The van der Waals surface area contributed by atoms with E-state index in [1.807, 2.05) is 0 Å². The van der Waals surface area contributed by atoms with Gasteiger partial charge in [0.1, 0.15) is 0 Å². The van der Waals surface area contributed by atoms with Gasteiger partial charge in [0.2, 0.25) is 0 Å². The molecule has 2 unspecified atom stereocenters. The first-order chi connectivity index (χ1) is 8.11. The maximum absolute atomic E-state index is 5.48. The van der Waals surface area contributed by atoms with E-state index in [9.17, 15) is 0 Å². The number of nitrogens with zero attached hydrogens (tertiary/aromatic N) is 1. The minimum absolute atomic E-state index is 0.391. The molecule has 2 atom stereocenters. The Kier molecular flexibility index (Phi) is 6.45. The van der Waals surface area contributed by atoms with Crippen molar-refractivity contribution in [2.24, 2.45) is 5.41 Å². The van der Waals surface area contributed by atoms with Crippen molar-refractivity contribution in [3.63, 3.8) is 0 Å². The Balaban J connectivity index is 2.45. The Hall–Kier alpha value is -0.120. The van der Waals surface area contributed by atoms with Gasteiger partial charge in [-0.2, -0.15) is 0 Å². The molecule has 102 valence electrons. The molecular weight excluding hydrogens is 212 g/mol. The fraction of sp³-hybridized carbons (Fsp3) is 1.00. The Morgan fingerprint density at radius 3 is 2.71 bits per heavy atom. The molecule has 3 nitrogen and oxygen atoms in total. The topological polar surface area (TPSA) is 24.5 Å². The minimum atomic E-state index is 0.391. The summed E-state index contributed by atoms with van der Waals surface area (Å²) >= 11 is 0. The lowest BCUT2D eigenvalue weighted by molar-refractivity contribution is 0.116. The zero-order chi connectivity index (χ0) is 12.7. The molecule has 1 rings (SSSR count). The van der Waals surface area contributed by atoms with Crippen LogP contribution in [0.1, 0.15) is 40.0 Å². The van der Waals surface area contributed by atoms with Crippen LogP contribution in [-0.4, -0.2) is 50.8 Å². The smallest absolute Gasteiger partial charge is 0.0622 e. The van der Waals surface area contributed by atoms with E-state index in [-0.39, 0.29) is 0 Å². The van der Waals surface area contributed by atoms with Crippen LogP contribution in [0.5, 0.6) is 0 Å². The van der Waals surface area contributed by atoms with Crippen molar-refractivity contribution >= 4 is 0 Å². The molecule has 0 amide bonds. The first kappa shape index (κ1) is 14.9. The Labute approximate surface area is 107 Å². The number of ether oxygens (including phenoxy) is 1. The summed E-state index contributed by atoms with van der Waals surface area (Å²) in [6.07, 6.45) is 3.74. The Morgan fingerprint density at radius 1 is 1.41 bits per heavy atom. The van der Waals surface area contributed by atoms with Crippen molar-refractivity contribution < 1.29 is 4.74 Å². The lowest BCUT2D eigenvalue weighted by Crippen LogP contribution is -2.44. The molecule has 0 aromatic carbocycles. The SMILES string of the molecule is CCCC(C)(CNCC)CN(C)C1CCOC1. The summed E-state index contributed by atoms with van der Waals surface area (Å²) in [5.74, 6) is 0. The average Bonchev–Trinajstić information content (AvgIpc) is 2.80. The van der Waals surface area contributed by atoms with Crippen molar-refractivity contribution in [3.8, 4) is 0 Å². The molecule has 0 aromatic rings. The third-order valence-corrected chi connectivity index (χ3v) is 3.82. The molecule has 1 saturated heterocycles. The van der Waals surface area contributed by atoms with Gasteiger partial charge in [0.25, 0.3) is 0 Å². The van der Waals surface area contributed by atoms with Gasteiger partial charge < -0.3 is 15.0 Å². The van der Waals surface area contributed by atoms with E-state index < -0.39 is 0 Å². The van der Waals surface area contributed by atoms with E-state index >= 15 is 0 Å². The molecular formula is C14H30N2O. The van der Waals surface area contributed by atoms with Crippen LogP contribution >= 0.6 is 0 Å². The van der Waals surface area contributed by atoms with Crippen LogP contribution in [0.25, 0.3) is 0 Å². The maximum Gasteiger partial charge on any atom is 0.0622 e. The summed E-state index contributed by atoms with van der Waals surface area (Å²) < 4.78 is 5.48. The molecule has 0 spiro atoms. The van der Waals surface area contributed by atoms with E-state index in [1.54, 1.807) is 0 Å². The summed E-state index contributed by atoms with van der Waals surface area (Å²) in [5, 5.41) is 3.51. The molecule has 1 aliphatic heterocycles. The molecule has 0 radical (unpaired) electrons. The van der Waals surface area contributed by atoms with Crippen LogP contribution in [0.3, 0.4) is 0 Å². The second-order valence-corrected chi connectivity index (χ2v) is 5.77. The molecule has 1 heterocycles. The minimum Gasteiger partial charge on any atom is -0.380 e. The van der Waals surface area contributed by atoms with Gasteiger partial charge in [-0.15, -0.1) is 0 Å². The van der Waals surface area contributed by atoms with E-state index in [0.717, 1.165) is 26.3 Å². The highest BCUT2D eigenvalue weighted by Crippen LogP contribution is 2.25. The second-order valence-electron chi connectivity index (χ2n) is 5.77. The lowest BCUT2D eigenvalue weighted by Gasteiger charge is -2.36. The molecule has 0 bridgehead atoms. The molecule has 1 fully saturated rings. The normalized spacial score (nSPS) is 24.2. The largest absolute Gasteiger partial charge is 0.380 e. The predicted molar refractivity (Wildman–Crippen MR) is 73.4 cm³/mol. The standard InChI is InChI=1S/C14H30N2O/c1-5-8-14(3,11-15-6-2)12-16(4)13-7-9-17-10-13/h13,15H,5-12H2,1-4H3. The highest BCUT2D eigenvalue weighted by Gasteiger charge is 2.29. The number of nitrogens with one attached hydrogen (secondary N) is 1. The van der Waals surface area contributed by atoms with Crippen molar-refractivity contribution in [2.75, 3.05) is 39.9 Å². The number of hydrogen-bond donors (Lipinski definition) is 1. The van der Waals surface area contributed by atoms with Gasteiger partial charge in [-0.05, 0) is 31.8 Å². The second kappa shape index (κ2) is 7.34. The van der Waals surface area contributed by atoms with Crippen molar-refractivity contribution in [1.29, 1.82) is 0 Å². The van der Waals surface area contributed by atoms with Crippen LogP contribution < -0.4 is 5.32 Å². The van der Waals surface area contributed by atoms with Gasteiger partial charge >= 0.3 is 0 Å². The molecule has 1 aliphatic rings. The summed E-state index contributed by atoms with van der Waals surface area (Å²) in [6, 6.07) is 0.632. The Bertz CT molecular complexity index is 204. The van der Waals surface area contributed by atoms with Crippen LogP contribution in [0.4, 0.5) is 0 Å². The van der Waals surface area contributed by atoms with Gasteiger partial charge in [-0.3, -0.25) is 0 Å². The van der Waals surface area contributed by atoms with Crippen molar-refractivity contribution in [3.05, 3.63) is 0 Å². The maximum atomic E-state index is 5.48. The van der Waals surface area contributed by atoms with Crippen molar-refractivity contribution in [1.82, 2.24) is 10.2 Å². The predicted octanol–water partition coefficient (Wildman–Crippen LogP) is 2.12. The fourth-order valence-corrected chi connectivity index (χ4v) is 2.85. The number of hydrogen-bond acceptors (Lipinski definition) is 3. The van der Waals surface area contributed by atoms with Gasteiger partial charge in [0.05, 0.1) is 6.61 Å². The van der Waals surface area contributed by atoms with Crippen molar-refractivity contribution in [2.45, 2.75) is 46.1 Å². The average molecular weight is 242 g/mol. The third kappa shape index (κ3) is 4.94. The monoisotopic (exact) mass is 242 g/mol. The molecule has 0 aromatic heterocycles. The van der Waals surface area contributed by atoms with Crippen LogP contribution in [0, 0.1) is 5.41 Å². The van der Waals surface area contributed by atoms with Gasteiger partial charge in [0, 0.05) is 25.7 Å². The van der Waals surface area contributed by atoms with E-state index in [1.165, 1.54) is 25.8 Å². The molecule has 17 heavy (non-hydrogen) atoms. The summed E-state index contributed by atoms with van der Waals surface area (Å²) in [6.45, 7) is 12.1. The lowest BCUT2D eigenvalue weighted by atomic mass is 9.84. The number of likely N-dealkylation sites (N-methyl/N-ethyl adjacent to an activating group) is 1. The van der Waals surface area contributed by atoms with E-state index in [4.69, 9.17) is 4.74 Å². The Morgan fingerprint density at radius 2 is 2.18 bits per heavy atom. The molecule has 1 N–H and O–H groups in total. The highest BCUT2D eigenvalue weighted by atomic mass is 16.5. The van der Waals surface area contributed by atoms with Gasteiger partial charge in [0.15, 0.2) is 0 Å². The first-order valence-corrected chi connectivity index (χ1v) is 7.10. The summed E-state index contributed by atoms with van der Waals surface area (Å²) in [4.78, 5) is 2.50. The number of rotatable bonds is 8. The zero-order valence-corrected chi connectivity index (χ0v) is 12.1.